The van der Waals surface area contributed by atoms with Gasteiger partial charge in [-0.1, -0.05) is 39.7 Å². The Kier molecular flexibility index (Phi) is 4.12. The zero-order valence-corrected chi connectivity index (χ0v) is 14.9. The van der Waals surface area contributed by atoms with Gasteiger partial charge in [-0.05, 0) is 64.7 Å². The molecule has 2 nitrogen and oxygen atoms in total. The van der Waals surface area contributed by atoms with Crippen LogP contribution in [0.25, 0.3) is 0 Å². The van der Waals surface area contributed by atoms with Crippen molar-refractivity contribution in [1.82, 2.24) is 0 Å². The zero-order valence-electron chi connectivity index (χ0n) is 11.0. The molecule has 21 heavy (non-hydrogen) atoms. The topological polar surface area (TPSA) is 29.1 Å². The van der Waals surface area contributed by atoms with Crippen molar-refractivity contribution in [2.75, 3.05) is 5.32 Å². The Morgan fingerprint density at radius 1 is 1.14 bits per heavy atom. The van der Waals surface area contributed by atoms with Crippen LogP contribution in [-0.4, -0.2) is 5.91 Å². The molecule has 2 aromatic rings. The number of rotatable bonds is 3. The van der Waals surface area contributed by atoms with E-state index in [1.807, 2.05) is 42.5 Å². The van der Waals surface area contributed by atoms with E-state index in [0.29, 0.717) is 5.02 Å². The maximum Gasteiger partial charge on any atom is 0.235 e. The Hall–Kier alpha value is -0.840. The molecule has 0 radical (unpaired) electrons. The predicted molar refractivity (Wildman–Crippen MR) is 92.8 cm³/mol. The Morgan fingerprint density at radius 2 is 1.90 bits per heavy atom. The Bertz CT molecular complexity index is 713. The lowest BCUT2D eigenvalue weighted by atomic mass is 9.95. The average molecular weight is 430 g/mol. The van der Waals surface area contributed by atoms with Crippen molar-refractivity contribution in [1.29, 1.82) is 0 Å². The number of carbonyl (C=O) groups excluding carboxylic acids is 1. The molecule has 0 bridgehead atoms. The summed E-state index contributed by atoms with van der Waals surface area (Å²) < 4.78 is 1.79. The minimum Gasteiger partial charge on any atom is -0.324 e. The number of anilines is 1. The number of hydrogen-bond donors (Lipinski definition) is 1. The van der Waals surface area contributed by atoms with Gasteiger partial charge in [0.15, 0.2) is 0 Å². The van der Waals surface area contributed by atoms with E-state index < -0.39 is 5.41 Å². The van der Waals surface area contributed by atoms with Crippen LogP contribution in [0.4, 0.5) is 5.69 Å². The highest BCUT2D eigenvalue weighted by molar-refractivity contribution is 9.11. The highest BCUT2D eigenvalue weighted by Gasteiger charge is 2.51. The first-order valence-electron chi connectivity index (χ1n) is 6.54. The molecule has 5 heteroatoms. The molecule has 0 heterocycles. The molecule has 1 amide bonds. The van der Waals surface area contributed by atoms with Crippen molar-refractivity contribution in [3.05, 3.63) is 62.0 Å². The lowest BCUT2D eigenvalue weighted by Gasteiger charge is -2.17. The van der Waals surface area contributed by atoms with Crippen LogP contribution in [0.5, 0.6) is 0 Å². The van der Waals surface area contributed by atoms with Gasteiger partial charge < -0.3 is 5.32 Å². The summed E-state index contributed by atoms with van der Waals surface area (Å²) in [6.45, 7) is 0. The molecule has 3 rings (SSSR count). The van der Waals surface area contributed by atoms with Gasteiger partial charge in [-0.15, -0.1) is 0 Å². The van der Waals surface area contributed by atoms with Crippen LogP contribution in [0.2, 0.25) is 5.02 Å². The number of benzene rings is 2. The Labute approximate surface area is 145 Å². The van der Waals surface area contributed by atoms with Crippen molar-refractivity contribution in [3.8, 4) is 0 Å². The molecule has 1 saturated carbocycles. The molecular formula is C16H12Br2ClNO. The summed E-state index contributed by atoms with van der Waals surface area (Å²) in [5, 5.41) is 3.68. The monoisotopic (exact) mass is 427 g/mol. The van der Waals surface area contributed by atoms with Gasteiger partial charge in [-0.25, -0.2) is 0 Å². The molecule has 2 aromatic carbocycles. The van der Waals surface area contributed by atoms with Gasteiger partial charge in [0.2, 0.25) is 5.91 Å². The predicted octanol–water partition coefficient (Wildman–Crippen LogP) is 5.54. The summed E-state index contributed by atoms with van der Waals surface area (Å²) in [5.74, 6) is 0.0172. The lowest BCUT2D eigenvalue weighted by molar-refractivity contribution is -0.118. The van der Waals surface area contributed by atoms with Crippen molar-refractivity contribution in [2.45, 2.75) is 18.3 Å². The quantitative estimate of drug-likeness (QED) is 0.682. The largest absolute Gasteiger partial charge is 0.324 e. The van der Waals surface area contributed by atoms with Gasteiger partial charge >= 0.3 is 0 Å². The minimum absolute atomic E-state index is 0.0172. The van der Waals surface area contributed by atoms with Gasteiger partial charge in [-0.2, -0.15) is 0 Å². The fraction of sp³-hybridized carbons (Fsp3) is 0.188. The van der Waals surface area contributed by atoms with Crippen LogP contribution in [-0.2, 0) is 10.2 Å². The van der Waals surface area contributed by atoms with Crippen LogP contribution in [0.1, 0.15) is 18.4 Å². The standard InChI is InChI=1S/C16H12Br2ClNO/c17-11-4-5-13(18)14(9-11)20-15(21)16(6-7-16)10-2-1-3-12(19)8-10/h1-5,8-9H,6-7H2,(H,20,21). The average Bonchev–Trinajstić information content (AvgIpc) is 3.24. The molecule has 108 valence electrons. The molecule has 0 unspecified atom stereocenters. The van der Waals surface area contributed by atoms with Crippen molar-refractivity contribution < 1.29 is 4.79 Å². The van der Waals surface area contributed by atoms with Crippen molar-refractivity contribution in [2.24, 2.45) is 0 Å². The highest BCUT2D eigenvalue weighted by Crippen LogP contribution is 2.49. The lowest BCUT2D eigenvalue weighted by Crippen LogP contribution is -2.28. The maximum absolute atomic E-state index is 12.7. The molecule has 1 fully saturated rings. The summed E-state index contributed by atoms with van der Waals surface area (Å²) in [6.07, 6.45) is 1.70. The van der Waals surface area contributed by atoms with E-state index in [9.17, 15) is 4.79 Å². The van der Waals surface area contributed by atoms with E-state index in [1.165, 1.54) is 0 Å². The highest BCUT2D eigenvalue weighted by atomic mass is 79.9. The van der Waals surface area contributed by atoms with Gasteiger partial charge in [0, 0.05) is 14.0 Å². The first kappa shape index (κ1) is 15.1. The number of amides is 1. The molecule has 0 aromatic heterocycles. The third-order valence-corrected chi connectivity index (χ3v) is 5.16. The summed E-state index contributed by atoms with van der Waals surface area (Å²) >= 11 is 12.9. The molecule has 0 aliphatic heterocycles. The van der Waals surface area contributed by atoms with E-state index in [-0.39, 0.29) is 5.91 Å². The van der Waals surface area contributed by atoms with Crippen molar-refractivity contribution >= 4 is 55.1 Å². The molecule has 0 atom stereocenters. The first-order chi connectivity index (χ1) is 10.0. The summed E-state index contributed by atoms with van der Waals surface area (Å²) in [4.78, 5) is 12.7. The van der Waals surface area contributed by atoms with Gasteiger partial charge in [0.05, 0.1) is 11.1 Å². The molecule has 1 aliphatic carbocycles. The fourth-order valence-electron chi connectivity index (χ4n) is 2.39. The SMILES string of the molecule is O=C(Nc1cc(Br)ccc1Br)C1(c2cccc(Cl)c2)CC1. The Balaban J connectivity index is 1.87. The molecule has 1 N–H and O–H groups in total. The zero-order chi connectivity index (χ0) is 15.0. The summed E-state index contributed by atoms with van der Waals surface area (Å²) in [5.41, 5.74) is 1.31. The molecule has 0 saturated heterocycles. The van der Waals surface area contributed by atoms with E-state index in [0.717, 1.165) is 33.0 Å². The van der Waals surface area contributed by atoms with E-state index in [2.05, 4.69) is 37.2 Å². The van der Waals surface area contributed by atoms with Crippen LogP contribution in [0.15, 0.2) is 51.4 Å². The van der Waals surface area contributed by atoms with Gasteiger partial charge in [-0.3, -0.25) is 4.79 Å². The van der Waals surface area contributed by atoms with Gasteiger partial charge in [0.1, 0.15) is 0 Å². The number of nitrogens with one attached hydrogen (secondary N) is 1. The molecule has 1 aliphatic rings. The summed E-state index contributed by atoms with van der Waals surface area (Å²) in [6, 6.07) is 13.3. The fourth-order valence-corrected chi connectivity index (χ4v) is 3.29. The molecule has 0 spiro atoms. The van der Waals surface area contributed by atoms with Crippen LogP contribution in [0, 0.1) is 0 Å². The smallest absolute Gasteiger partial charge is 0.235 e. The second kappa shape index (κ2) is 5.75. The van der Waals surface area contributed by atoms with Crippen LogP contribution in [0.3, 0.4) is 0 Å². The first-order valence-corrected chi connectivity index (χ1v) is 8.50. The van der Waals surface area contributed by atoms with E-state index >= 15 is 0 Å². The number of halogens is 3. The molecular weight excluding hydrogens is 417 g/mol. The maximum atomic E-state index is 12.7. The second-order valence-electron chi connectivity index (χ2n) is 5.17. The second-order valence-corrected chi connectivity index (χ2v) is 7.38. The third kappa shape index (κ3) is 3.03. The van der Waals surface area contributed by atoms with E-state index in [1.54, 1.807) is 0 Å². The third-order valence-electron chi connectivity index (χ3n) is 3.74. The van der Waals surface area contributed by atoms with E-state index in [4.69, 9.17) is 11.6 Å². The summed E-state index contributed by atoms with van der Waals surface area (Å²) in [7, 11) is 0. The van der Waals surface area contributed by atoms with Gasteiger partial charge in [0.25, 0.3) is 0 Å². The minimum atomic E-state index is -0.438. The van der Waals surface area contributed by atoms with Crippen LogP contribution >= 0.6 is 43.5 Å². The Morgan fingerprint density at radius 3 is 2.57 bits per heavy atom. The number of hydrogen-bond acceptors (Lipinski definition) is 1. The van der Waals surface area contributed by atoms with Crippen molar-refractivity contribution in [3.63, 3.8) is 0 Å². The normalized spacial score (nSPS) is 15.6. The number of carbonyl (C=O) groups is 1. The van der Waals surface area contributed by atoms with Crippen LogP contribution < -0.4 is 5.32 Å².